The largest absolute Gasteiger partial charge is 0.456 e. The molecule has 0 radical (unpaired) electrons. The van der Waals surface area contributed by atoms with Crippen LogP contribution < -0.4 is 4.74 Å². The van der Waals surface area contributed by atoms with Crippen LogP contribution in [0.3, 0.4) is 0 Å². The van der Waals surface area contributed by atoms with Crippen LogP contribution in [0, 0.1) is 10.8 Å². The number of hydrogen-bond acceptors (Lipinski definition) is 5. The van der Waals surface area contributed by atoms with Crippen molar-refractivity contribution in [3.8, 4) is 56.7 Å². The van der Waals surface area contributed by atoms with Gasteiger partial charge in [0.05, 0.1) is 11.4 Å². The predicted octanol–water partition coefficient (Wildman–Crippen LogP) is 15.9. The summed E-state index contributed by atoms with van der Waals surface area (Å²) in [6, 6.07) is 50.8. The summed E-state index contributed by atoms with van der Waals surface area (Å²) in [6.07, 6.45) is 5.67. The van der Waals surface area contributed by atoms with E-state index >= 15 is 0 Å². The van der Waals surface area contributed by atoms with Crippen LogP contribution in [-0.4, -0.2) is 9.97 Å². The van der Waals surface area contributed by atoms with Crippen molar-refractivity contribution in [1.29, 1.82) is 0 Å². The molecule has 4 heterocycles. The summed E-state index contributed by atoms with van der Waals surface area (Å²) in [5.41, 5.74) is 10.3. The summed E-state index contributed by atoms with van der Waals surface area (Å²) < 4.78 is 20.0. The van der Waals surface area contributed by atoms with Crippen LogP contribution in [0.25, 0.3) is 88.6 Å². The highest BCUT2D eigenvalue weighted by molar-refractivity contribution is 6.01. The van der Waals surface area contributed by atoms with Gasteiger partial charge in [-0.05, 0) is 94.1 Å². The van der Waals surface area contributed by atoms with Crippen LogP contribution in [0.4, 0.5) is 0 Å². The number of rotatable bonds is 8. The fourth-order valence-electron chi connectivity index (χ4n) is 8.58. The van der Waals surface area contributed by atoms with E-state index in [-0.39, 0.29) is 10.8 Å². The molecule has 0 fully saturated rings. The third-order valence-electron chi connectivity index (χ3n) is 11.3. The molecule has 0 saturated heterocycles. The Bertz CT molecular complexity index is 3010. The zero-order chi connectivity index (χ0) is 41.9. The van der Waals surface area contributed by atoms with E-state index in [2.05, 4.69) is 175 Å². The molecule has 0 unspecified atom stereocenters. The Hall–Kier alpha value is -6.98. The van der Waals surface area contributed by atoms with Gasteiger partial charge in [-0.25, -0.2) is 0 Å². The van der Waals surface area contributed by atoms with Gasteiger partial charge in [0.2, 0.25) is 0 Å². The maximum absolute atomic E-state index is 7.09. The van der Waals surface area contributed by atoms with E-state index in [1.165, 1.54) is 11.1 Å². The minimum absolute atomic E-state index is 0.219. The van der Waals surface area contributed by atoms with Gasteiger partial charge >= 0.3 is 0 Å². The lowest BCUT2D eigenvalue weighted by Crippen LogP contribution is -2.08. The number of furan rings is 2. The highest BCUT2D eigenvalue weighted by Crippen LogP contribution is 2.43. The molecule has 4 aromatic heterocycles. The minimum Gasteiger partial charge on any atom is -0.456 e. The van der Waals surface area contributed by atoms with Gasteiger partial charge in [0.1, 0.15) is 34.2 Å². The van der Waals surface area contributed by atoms with Crippen molar-refractivity contribution < 1.29 is 13.6 Å². The van der Waals surface area contributed by atoms with Crippen molar-refractivity contribution in [2.24, 2.45) is 10.8 Å². The van der Waals surface area contributed by atoms with Gasteiger partial charge in [0.25, 0.3) is 0 Å². The first kappa shape index (κ1) is 38.2. The van der Waals surface area contributed by atoms with Gasteiger partial charge in [-0.1, -0.05) is 139 Å². The second-order valence-corrected chi connectivity index (χ2v) is 18.7. The van der Waals surface area contributed by atoms with Gasteiger partial charge in [0.15, 0.2) is 0 Å². The lowest BCUT2D eigenvalue weighted by atomic mass is 9.88. The number of aromatic nitrogens is 2. The molecule has 0 atom stereocenters. The number of benzene rings is 6. The number of hydrogen-bond donors (Lipinski definition) is 0. The second-order valence-electron chi connectivity index (χ2n) is 18.7. The Labute approximate surface area is 356 Å². The summed E-state index contributed by atoms with van der Waals surface area (Å²) in [6.45, 7) is 13.6. The molecule has 0 N–H and O–H groups in total. The summed E-state index contributed by atoms with van der Waals surface area (Å²) in [4.78, 5) is 9.87. The topological polar surface area (TPSA) is 61.3 Å². The SMILES string of the molecule is CC(C)(C)Cc1ccc(-c2cc3c(-c4cc(Oc5cc(-c6nccc7oc(-c8ccc(CC(C)(C)C)cc8)cc67)cc6ccccc56)c5ccccc5c4)nccc3o2)cc1. The van der Waals surface area contributed by atoms with Crippen LogP contribution in [0.15, 0.2) is 167 Å². The zero-order valence-corrected chi connectivity index (χ0v) is 35.5. The van der Waals surface area contributed by atoms with Crippen LogP contribution >= 0.6 is 0 Å². The number of pyridine rings is 2. The zero-order valence-electron chi connectivity index (χ0n) is 35.5. The molecular formula is C56H48N2O3. The lowest BCUT2D eigenvalue weighted by Gasteiger charge is -2.18. The maximum atomic E-state index is 7.09. The number of nitrogens with zero attached hydrogens (tertiary/aromatic N) is 2. The van der Waals surface area contributed by atoms with Crippen LogP contribution in [0.2, 0.25) is 0 Å². The quantitative estimate of drug-likeness (QED) is 0.153. The first-order chi connectivity index (χ1) is 29.4. The van der Waals surface area contributed by atoms with Crippen molar-refractivity contribution in [1.82, 2.24) is 9.97 Å². The molecule has 300 valence electrons. The van der Waals surface area contributed by atoms with E-state index in [9.17, 15) is 0 Å². The molecule has 0 aliphatic carbocycles. The first-order valence-electron chi connectivity index (χ1n) is 21.1. The number of ether oxygens (including phenoxy) is 1. The predicted molar refractivity (Wildman–Crippen MR) is 251 cm³/mol. The molecule has 0 aliphatic rings. The summed E-state index contributed by atoms with van der Waals surface area (Å²) in [5.74, 6) is 3.10. The lowest BCUT2D eigenvalue weighted by molar-refractivity contribution is 0.411. The van der Waals surface area contributed by atoms with E-state index in [1.807, 2.05) is 24.5 Å². The highest BCUT2D eigenvalue weighted by atomic mass is 16.5. The van der Waals surface area contributed by atoms with E-state index in [0.717, 1.165) is 113 Å². The van der Waals surface area contributed by atoms with Gasteiger partial charge in [-0.15, -0.1) is 0 Å². The van der Waals surface area contributed by atoms with Crippen LogP contribution in [0.5, 0.6) is 11.5 Å². The second kappa shape index (κ2) is 14.9. The van der Waals surface area contributed by atoms with Gasteiger partial charge < -0.3 is 13.6 Å². The molecule has 0 aliphatic heterocycles. The third-order valence-corrected chi connectivity index (χ3v) is 11.3. The normalized spacial score (nSPS) is 12.2. The molecular weight excluding hydrogens is 749 g/mol. The maximum Gasteiger partial charge on any atom is 0.138 e. The van der Waals surface area contributed by atoms with E-state index in [4.69, 9.17) is 23.5 Å². The third kappa shape index (κ3) is 7.80. The van der Waals surface area contributed by atoms with Gasteiger partial charge in [0, 0.05) is 56.2 Å². The average Bonchev–Trinajstić information content (AvgIpc) is 3.88. The molecule has 6 aromatic carbocycles. The summed E-state index contributed by atoms with van der Waals surface area (Å²) in [7, 11) is 0. The smallest absolute Gasteiger partial charge is 0.138 e. The van der Waals surface area contributed by atoms with Gasteiger partial charge in [-0.3, -0.25) is 9.97 Å². The standard InChI is InChI=1S/C56H48N2O3/c1-55(2,3)33-35-15-19-37(20-16-35)49-31-45-47(59-49)23-25-57-53(45)41-27-39-11-7-9-13-43(39)51(29-41)61-52-30-42(28-40-12-8-10-14-44(40)52)54-46-32-50(60-48(46)24-26-58-54)38-21-17-36(18-22-38)34-56(4,5)6/h7-32H,33-34H2,1-6H3. The molecule has 0 bridgehead atoms. The average molecular weight is 797 g/mol. The minimum atomic E-state index is 0.219. The van der Waals surface area contributed by atoms with Crippen molar-refractivity contribution in [2.45, 2.75) is 54.4 Å². The molecule has 5 heteroatoms. The monoisotopic (exact) mass is 796 g/mol. The van der Waals surface area contributed by atoms with E-state index in [0.29, 0.717) is 0 Å². The summed E-state index contributed by atoms with van der Waals surface area (Å²) in [5, 5.41) is 6.01. The molecule has 5 nitrogen and oxygen atoms in total. The molecule has 0 saturated carbocycles. The van der Waals surface area contributed by atoms with E-state index < -0.39 is 0 Å². The van der Waals surface area contributed by atoms with Crippen molar-refractivity contribution in [3.05, 3.63) is 169 Å². The van der Waals surface area contributed by atoms with E-state index in [1.54, 1.807) is 0 Å². The van der Waals surface area contributed by atoms with Gasteiger partial charge in [-0.2, -0.15) is 0 Å². The molecule has 61 heavy (non-hydrogen) atoms. The fourth-order valence-corrected chi connectivity index (χ4v) is 8.58. The Morgan fingerprint density at radius 2 is 0.836 bits per heavy atom. The van der Waals surface area contributed by atoms with Crippen molar-refractivity contribution in [2.75, 3.05) is 0 Å². The molecule has 0 spiro atoms. The van der Waals surface area contributed by atoms with Crippen molar-refractivity contribution >= 4 is 43.5 Å². The first-order valence-corrected chi connectivity index (χ1v) is 21.1. The Morgan fingerprint density at radius 1 is 0.426 bits per heavy atom. The van der Waals surface area contributed by atoms with Crippen LogP contribution in [0.1, 0.15) is 52.7 Å². The Kier molecular flexibility index (Phi) is 9.36. The Balaban J connectivity index is 1.04. The highest BCUT2D eigenvalue weighted by Gasteiger charge is 2.19. The molecule has 10 aromatic rings. The number of fused-ring (bicyclic) bond motifs is 4. The molecule has 0 amide bonds. The van der Waals surface area contributed by atoms with Crippen LogP contribution in [-0.2, 0) is 12.8 Å². The molecule has 10 rings (SSSR count). The fraction of sp³-hybridized carbons (Fsp3) is 0.179. The Morgan fingerprint density at radius 3 is 1.25 bits per heavy atom. The summed E-state index contributed by atoms with van der Waals surface area (Å²) >= 11 is 0. The van der Waals surface area contributed by atoms with Crippen molar-refractivity contribution in [3.63, 3.8) is 0 Å².